The molecule has 0 N–H and O–H groups in total. The molecule has 15 heavy (non-hydrogen) atoms. The largest absolute Gasteiger partial charge is 0.493 e. The van der Waals surface area contributed by atoms with Crippen molar-refractivity contribution in [3.05, 3.63) is 11.3 Å². The second-order valence-corrected chi connectivity index (χ2v) is 4.62. The SMILES string of the molecule is CCC1C/C(=C2\CCC(CBr)O2)C(=O)O1. The van der Waals surface area contributed by atoms with E-state index in [1.165, 1.54) is 0 Å². The normalized spacial score (nSPS) is 35.5. The summed E-state index contributed by atoms with van der Waals surface area (Å²) in [5, 5.41) is 0.829. The van der Waals surface area contributed by atoms with Gasteiger partial charge in [-0.3, -0.25) is 0 Å². The molecule has 0 saturated carbocycles. The minimum Gasteiger partial charge on any atom is -0.493 e. The van der Waals surface area contributed by atoms with Crippen molar-refractivity contribution < 1.29 is 14.3 Å². The lowest BCUT2D eigenvalue weighted by Crippen LogP contribution is -2.06. The second kappa shape index (κ2) is 4.56. The fourth-order valence-corrected chi connectivity index (χ4v) is 2.43. The third kappa shape index (κ3) is 2.19. The van der Waals surface area contributed by atoms with Crippen molar-refractivity contribution in [1.29, 1.82) is 0 Å². The number of esters is 1. The molecule has 0 aromatic rings. The number of allylic oxidation sites excluding steroid dienone is 1. The first-order chi connectivity index (χ1) is 7.24. The summed E-state index contributed by atoms with van der Waals surface area (Å²) < 4.78 is 10.9. The number of carbonyl (C=O) groups excluding carboxylic acids is 1. The Morgan fingerprint density at radius 1 is 1.40 bits per heavy atom. The molecule has 2 atom stereocenters. The molecule has 4 heteroatoms. The predicted octanol–water partition coefficient (Wildman–Crippen LogP) is 2.54. The monoisotopic (exact) mass is 274 g/mol. The molecule has 0 aromatic carbocycles. The molecule has 2 heterocycles. The fourth-order valence-electron chi connectivity index (χ4n) is 1.97. The molecule has 84 valence electrons. The number of alkyl halides is 1. The van der Waals surface area contributed by atoms with Crippen LogP contribution in [-0.2, 0) is 14.3 Å². The average molecular weight is 275 g/mol. The van der Waals surface area contributed by atoms with Gasteiger partial charge >= 0.3 is 5.97 Å². The number of rotatable bonds is 2. The summed E-state index contributed by atoms with van der Waals surface area (Å²) in [4.78, 5) is 11.6. The fraction of sp³-hybridized carbons (Fsp3) is 0.727. The Hall–Kier alpha value is -0.510. The Morgan fingerprint density at radius 3 is 2.73 bits per heavy atom. The molecular formula is C11H15BrO3. The molecule has 2 aliphatic heterocycles. The summed E-state index contributed by atoms with van der Waals surface area (Å²) in [7, 11) is 0. The third-order valence-electron chi connectivity index (χ3n) is 2.92. The first-order valence-electron chi connectivity index (χ1n) is 5.40. The summed E-state index contributed by atoms with van der Waals surface area (Å²) >= 11 is 3.39. The molecule has 0 amide bonds. The highest BCUT2D eigenvalue weighted by Crippen LogP contribution is 2.33. The Labute approximate surface area is 97.9 Å². The zero-order valence-corrected chi connectivity index (χ0v) is 10.4. The lowest BCUT2D eigenvalue weighted by Gasteiger charge is -2.06. The topological polar surface area (TPSA) is 35.5 Å². The molecule has 0 aromatic heterocycles. The maximum Gasteiger partial charge on any atom is 0.337 e. The molecule has 2 unspecified atom stereocenters. The first kappa shape index (κ1) is 11.0. The predicted molar refractivity (Wildman–Crippen MR) is 59.7 cm³/mol. The van der Waals surface area contributed by atoms with Gasteiger partial charge in [0.1, 0.15) is 18.0 Å². The van der Waals surface area contributed by atoms with Gasteiger partial charge in [0.2, 0.25) is 0 Å². The van der Waals surface area contributed by atoms with Crippen LogP contribution >= 0.6 is 15.9 Å². The van der Waals surface area contributed by atoms with E-state index in [2.05, 4.69) is 15.9 Å². The van der Waals surface area contributed by atoms with Crippen LogP contribution in [-0.4, -0.2) is 23.5 Å². The summed E-state index contributed by atoms with van der Waals surface area (Å²) in [6, 6.07) is 0. The molecule has 2 fully saturated rings. The lowest BCUT2D eigenvalue weighted by atomic mass is 10.1. The minimum atomic E-state index is -0.174. The van der Waals surface area contributed by atoms with Gasteiger partial charge < -0.3 is 9.47 Å². The van der Waals surface area contributed by atoms with Crippen LogP contribution in [0.15, 0.2) is 11.3 Å². The van der Waals surface area contributed by atoms with Gasteiger partial charge in [0.05, 0.1) is 5.57 Å². The number of hydrogen-bond donors (Lipinski definition) is 0. The molecule has 2 saturated heterocycles. The highest BCUT2D eigenvalue weighted by Gasteiger charge is 2.34. The van der Waals surface area contributed by atoms with Crippen LogP contribution in [0.5, 0.6) is 0 Å². The summed E-state index contributed by atoms with van der Waals surface area (Å²) in [6.45, 7) is 2.03. The van der Waals surface area contributed by atoms with Crippen LogP contribution < -0.4 is 0 Å². The third-order valence-corrected chi connectivity index (χ3v) is 3.64. The van der Waals surface area contributed by atoms with Crippen molar-refractivity contribution >= 4 is 21.9 Å². The quantitative estimate of drug-likeness (QED) is 0.441. The van der Waals surface area contributed by atoms with E-state index >= 15 is 0 Å². The van der Waals surface area contributed by atoms with Crippen LogP contribution in [0.3, 0.4) is 0 Å². The Bertz CT molecular complexity index is 298. The van der Waals surface area contributed by atoms with E-state index < -0.39 is 0 Å². The van der Waals surface area contributed by atoms with E-state index in [0.29, 0.717) is 0 Å². The molecule has 0 aliphatic carbocycles. The molecule has 2 aliphatic rings. The highest BCUT2D eigenvalue weighted by molar-refractivity contribution is 9.09. The van der Waals surface area contributed by atoms with Crippen molar-refractivity contribution in [1.82, 2.24) is 0 Å². The molecule has 0 radical (unpaired) electrons. The Morgan fingerprint density at radius 2 is 2.20 bits per heavy atom. The van der Waals surface area contributed by atoms with E-state index in [-0.39, 0.29) is 18.2 Å². The summed E-state index contributed by atoms with van der Waals surface area (Å²) in [5.74, 6) is 0.687. The van der Waals surface area contributed by atoms with Crippen LogP contribution in [0.25, 0.3) is 0 Å². The Kier molecular flexibility index (Phi) is 3.34. The van der Waals surface area contributed by atoms with Gasteiger partial charge in [0, 0.05) is 18.2 Å². The van der Waals surface area contributed by atoms with E-state index in [1.807, 2.05) is 6.92 Å². The average Bonchev–Trinajstić information content (AvgIpc) is 2.83. The van der Waals surface area contributed by atoms with Crippen LogP contribution in [0.2, 0.25) is 0 Å². The van der Waals surface area contributed by atoms with Crippen molar-refractivity contribution in [2.75, 3.05) is 5.33 Å². The summed E-state index contributed by atoms with van der Waals surface area (Å²) in [5.41, 5.74) is 0.769. The van der Waals surface area contributed by atoms with E-state index in [9.17, 15) is 4.79 Å². The maximum absolute atomic E-state index is 11.6. The number of cyclic esters (lactones) is 1. The van der Waals surface area contributed by atoms with E-state index in [0.717, 1.165) is 42.3 Å². The van der Waals surface area contributed by atoms with Crippen LogP contribution in [0.1, 0.15) is 32.6 Å². The van der Waals surface area contributed by atoms with Gasteiger partial charge in [-0.25, -0.2) is 4.79 Å². The van der Waals surface area contributed by atoms with Crippen molar-refractivity contribution in [3.63, 3.8) is 0 Å². The zero-order valence-electron chi connectivity index (χ0n) is 8.79. The number of halogens is 1. The smallest absolute Gasteiger partial charge is 0.337 e. The molecule has 3 nitrogen and oxygen atoms in total. The number of hydrogen-bond acceptors (Lipinski definition) is 3. The standard InChI is InChI=1S/C11H15BrO3/c1-2-7-5-9(11(13)15-7)10-4-3-8(6-12)14-10/h7-8H,2-6H2,1H3/b10-9-. The van der Waals surface area contributed by atoms with Crippen LogP contribution in [0, 0.1) is 0 Å². The molecule has 0 bridgehead atoms. The second-order valence-electron chi connectivity index (χ2n) is 3.97. The van der Waals surface area contributed by atoms with E-state index in [4.69, 9.17) is 9.47 Å². The van der Waals surface area contributed by atoms with E-state index in [1.54, 1.807) is 0 Å². The number of ether oxygens (including phenoxy) is 2. The first-order valence-corrected chi connectivity index (χ1v) is 6.52. The highest BCUT2D eigenvalue weighted by atomic mass is 79.9. The van der Waals surface area contributed by atoms with Gasteiger partial charge in [-0.05, 0) is 12.8 Å². The lowest BCUT2D eigenvalue weighted by molar-refractivity contribution is -0.139. The van der Waals surface area contributed by atoms with Gasteiger partial charge in [-0.15, -0.1) is 0 Å². The zero-order chi connectivity index (χ0) is 10.8. The van der Waals surface area contributed by atoms with Crippen molar-refractivity contribution in [2.24, 2.45) is 0 Å². The van der Waals surface area contributed by atoms with Crippen molar-refractivity contribution in [2.45, 2.75) is 44.8 Å². The van der Waals surface area contributed by atoms with Gasteiger partial charge in [0.15, 0.2) is 0 Å². The van der Waals surface area contributed by atoms with Gasteiger partial charge in [-0.1, -0.05) is 22.9 Å². The minimum absolute atomic E-state index is 0.0617. The van der Waals surface area contributed by atoms with Gasteiger partial charge in [0.25, 0.3) is 0 Å². The molecule has 0 spiro atoms. The number of carbonyl (C=O) groups is 1. The van der Waals surface area contributed by atoms with Crippen LogP contribution in [0.4, 0.5) is 0 Å². The summed E-state index contributed by atoms with van der Waals surface area (Å²) in [6.07, 6.45) is 3.75. The molecule has 2 rings (SSSR count). The Balaban J connectivity index is 2.10. The maximum atomic E-state index is 11.6. The van der Waals surface area contributed by atoms with Gasteiger partial charge in [-0.2, -0.15) is 0 Å². The van der Waals surface area contributed by atoms with Crippen molar-refractivity contribution in [3.8, 4) is 0 Å². The molecular weight excluding hydrogens is 260 g/mol.